The van der Waals surface area contributed by atoms with Crippen LogP contribution in [0.25, 0.3) is 11.0 Å². The number of fused-ring (bicyclic) bond motifs is 1. The molecule has 0 unspecified atom stereocenters. The van der Waals surface area contributed by atoms with Gasteiger partial charge in [-0.2, -0.15) is 0 Å². The summed E-state index contributed by atoms with van der Waals surface area (Å²) in [6.45, 7) is 0. The standard InChI is InChI=1S/C16H13BrN2O4S/c1-24(21,22)19-13-5-3-12(4-6-13)18-16(20)15-9-10-8-11(17)2-7-14(10)23-15/h2-9,19H,1H3,(H,18,20). The number of carbonyl (C=O) groups is 1. The van der Waals surface area contributed by atoms with Crippen LogP contribution >= 0.6 is 15.9 Å². The van der Waals surface area contributed by atoms with Crippen molar-refractivity contribution in [2.75, 3.05) is 16.3 Å². The fraction of sp³-hybridized carbons (Fsp3) is 0.0625. The van der Waals surface area contributed by atoms with Crippen molar-refractivity contribution >= 4 is 54.2 Å². The average molecular weight is 409 g/mol. The van der Waals surface area contributed by atoms with E-state index in [1.165, 1.54) is 0 Å². The van der Waals surface area contributed by atoms with Gasteiger partial charge in [-0.1, -0.05) is 15.9 Å². The quantitative estimate of drug-likeness (QED) is 0.686. The Hall–Kier alpha value is -2.32. The van der Waals surface area contributed by atoms with Crippen LogP contribution in [0.2, 0.25) is 0 Å². The van der Waals surface area contributed by atoms with Gasteiger partial charge >= 0.3 is 0 Å². The second kappa shape index (κ2) is 6.29. The van der Waals surface area contributed by atoms with Crippen LogP contribution in [0.3, 0.4) is 0 Å². The molecule has 0 aliphatic carbocycles. The molecule has 0 aliphatic heterocycles. The number of anilines is 2. The fourth-order valence-electron chi connectivity index (χ4n) is 2.15. The molecule has 0 spiro atoms. The van der Waals surface area contributed by atoms with E-state index in [0.29, 0.717) is 17.0 Å². The Kier molecular flexibility index (Phi) is 4.33. The van der Waals surface area contributed by atoms with Crippen LogP contribution < -0.4 is 10.0 Å². The van der Waals surface area contributed by atoms with E-state index in [0.717, 1.165) is 16.1 Å². The Bertz CT molecular complexity index is 1010. The molecule has 0 aliphatic rings. The van der Waals surface area contributed by atoms with Gasteiger partial charge in [-0.3, -0.25) is 9.52 Å². The molecule has 24 heavy (non-hydrogen) atoms. The molecular formula is C16H13BrN2O4S. The van der Waals surface area contributed by atoms with Crippen LogP contribution in [-0.2, 0) is 10.0 Å². The second-order valence-electron chi connectivity index (χ2n) is 5.20. The minimum absolute atomic E-state index is 0.196. The Morgan fingerprint density at radius 2 is 1.71 bits per heavy atom. The van der Waals surface area contributed by atoms with E-state index in [9.17, 15) is 13.2 Å². The third-order valence-electron chi connectivity index (χ3n) is 3.15. The molecule has 1 aromatic heterocycles. The normalized spacial score (nSPS) is 11.4. The molecule has 8 heteroatoms. The van der Waals surface area contributed by atoms with Crippen molar-refractivity contribution < 1.29 is 17.6 Å². The Balaban J connectivity index is 1.76. The predicted molar refractivity (Wildman–Crippen MR) is 96.8 cm³/mol. The lowest BCUT2D eigenvalue weighted by Gasteiger charge is -2.06. The zero-order valence-electron chi connectivity index (χ0n) is 12.5. The summed E-state index contributed by atoms with van der Waals surface area (Å²) in [6.07, 6.45) is 1.07. The number of halogens is 1. The fourth-order valence-corrected chi connectivity index (χ4v) is 3.10. The number of hydrogen-bond donors (Lipinski definition) is 2. The molecule has 124 valence electrons. The van der Waals surface area contributed by atoms with Crippen molar-refractivity contribution in [1.29, 1.82) is 0 Å². The summed E-state index contributed by atoms with van der Waals surface area (Å²) < 4.78 is 31.1. The van der Waals surface area contributed by atoms with Gasteiger partial charge in [0.25, 0.3) is 5.91 Å². The van der Waals surface area contributed by atoms with Gasteiger partial charge in [0.2, 0.25) is 10.0 Å². The van der Waals surface area contributed by atoms with E-state index >= 15 is 0 Å². The first kappa shape index (κ1) is 16.5. The first-order valence-electron chi connectivity index (χ1n) is 6.88. The van der Waals surface area contributed by atoms with Crippen LogP contribution in [0.1, 0.15) is 10.6 Å². The van der Waals surface area contributed by atoms with Crippen LogP contribution in [0, 0.1) is 0 Å². The Morgan fingerprint density at radius 1 is 1.04 bits per heavy atom. The number of nitrogens with one attached hydrogen (secondary N) is 2. The highest BCUT2D eigenvalue weighted by atomic mass is 79.9. The maximum atomic E-state index is 12.3. The van der Waals surface area contributed by atoms with E-state index in [4.69, 9.17) is 4.42 Å². The van der Waals surface area contributed by atoms with Crippen LogP contribution in [0.15, 0.2) is 57.4 Å². The third-order valence-corrected chi connectivity index (χ3v) is 4.25. The second-order valence-corrected chi connectivity index (χ2v) is 7.86. The van der Waals surface area contributed by atoms with Gasteiger partial charge in [-0.25, -0.2) is 8.42 Å². The van der Waals surface area contributed by atoms with Gasteiger partial charge in [-0.05, 0) is 48.5 Å². The van der Waals surface area contributed by atoms with Crippen molar-refractivity contribution in [2.24, 2.45) is 0 Å². The minimum Gasteiger partial charge on any atom is -0.451 e. The van der Waals surface area contributed by atoms with E-state index in [1.807, 2.05) is 12.1 Å². The molecule has 6 nitrogen and oxygen atoms in total. The van der Waals surface area contributed by atoms with Crippen LogP contribution in [-0.4, -0.2) is 20.6 Å². The number of amides is 1. The largest absolute Gasteiger partial charge is 0.451 e. The molecule has 1 heterocycles. The molecule has 3 aromatic rings. The smallest absolute Gasteiger partial charge is 0.291 e. The topological polar surface area (TPSA) is 88.4 Å². The van der Waals surface area contributed by atoms with Crippen molar-refractivity contribution in [3.05, 3.63) is 58.8 Å². The number of furan rings is 1. The first-order valence-corrected chi connectivity index (χ1v) is 9.57. The number of carbonyl (C=O) groups excluding carboxylic acids is 1. The zero-order valence-corrected chi connectivity index (χ0v) is 14.9. The maximum absolute atomic E-state index is 12.3. The Morgan fingerprint density at radius 3 is 2.38 bits per heavy atom. The predicted octanol–water partition coefficient (Wildman–Crippen LogP) is 3.82. The molecule has 0 radical (unpaired) electrons. The lowest BCUT2D eigenvalue weighted by Crippen LogP contribution is -2.11. The molecular weight excluding hydrogens is 396 g/mol. The third kappa shape index (κ3) is 3.95. The summed E-state index contributed by atoms with van der Waals surface area (Å²) >= 11 is 3.37. The summed E-state index contributed by atoms with van der Waals surface area (Å²) in [4.78, 5) is 12.3. The number of rotatable bonds is 4. The summed E-state index contributed by atoms with van der Waals surface area (Å²) in [5.41, 5.74) is 1.57. The lowest BCUT2D eigenvalue weighted by atomic mass is 10.2. The van der Waals surface area contributed by atoms with E-state index in [2.05, 4.69) is 26.0 Å². The van der Waals surface area contributed by atoms with Crippen molar-refractivity contribution in [3.8, 4) is 0 Å². The highest BCUT2D eigenvalue weighted by Crippen LogP contribution is 2.24. The SMILES string of the molecule is CS(=O)(=O)Nc1ccc(NC(=O)c2cc3cc(Br)ccc3o2)cc1. The molecule has 0 saturated heterocycles. The lowest BCUT2D eigenvalue weighted by molar-refractivity contribution is 0.0998. The van der Waals surface area contributed by atoms with Gasteiger partial charge in [0.05, 0.1) is 6.26 Å². The molecule has 2 N–H and O–H groups in total. The molecule has 0 saturated carbocycles. The Labute approximate surface area is 147 Å². The first-order chi connectivity index (χ1) is 11.3. The summed E-state index contributed by atoms with van der Waals surface area (Å²) in [7, 11) is -3.33. The molecule has 2 aromatic carbocycles. The van der Waals surface area contributed by atoms with Gasteiger partial charge in [0.1, 0.15) is 5.58 Å². The molecule has 1 amide bonds. The molecule has 3 rings (SSSR count). The number of benzene rings is 2. The van der Waals surface area contributed by atoms with E-state index in [-0.39, 0.29) is 11.7 Å². The van der Waals surface area contributed by atoms with Gasteiger partial charge < -0.3 is 9.73 Å². The van der Waals surface area contributed by atoms with Crippen LogP contribution in [0.5, 0.6) is 0 Å². The highest BCUT2D eigenvalue weighted by Gasteiger charge is 2.13. The van der Waals surface area contributed by atoms with Crippen LogP contribution in [0.4, 0.5) is 11.4 Å². The molecule has 0 atom stereocenters. The van der Waals surface area contributed by atoms with E-state index in [1.54, 1.807) is 36.4 Å². The molecule has 0 bridgehead atoms. The van der Waals surface area contributed by atoms with Crippen molar-refractivity contribution in [1.82, 2.24) is 0 Å². The molecule has 0 fully saturated rings. The summed E-state index contributed by atoms with van der Waals surface area (Å²) in [6, 6.07) is 13.5. The average Bonchev–Trinajstić information content (AvgIpc) is 2.91. The summed E-state index contributed by atoms with van der Waals surface area (Å²) in [5, 5.41) is 3.52. The maximum Gasteiger partial charge on any atom is 0.291 e. The number of hydrogen-bond acceptors (Lipinski definition) is 4. The van der Waals surface area contributed by atoms with Crippen molar-refractivity contribution in [2.45, 2.75) is 0 Å². The van der Waals surface area contributed by atoms with Gasteiger partial charge in [-0.15, -0.1) is 0 Å². The van der Waals surface area contributed by atoms with Gasteiger partial charge in [0, 0.05) is 21.2 Å². The minimum atomic E-state index is -3.33. The monoisotopic (exact) mass is 408 g/mol. The van der Waals surface area contributed by atoms with Crippen molar-refractivity contribution in [3.63, 3.8) is 0 Å². The van der Waals surface area contributed by atoms with Gasteiger partial charge in [0.15, 0.2) is 5.76 Å². The highest BCUT2D eigenvalue weighted by molar-refractivity contribution is 9.10. The summed E-state index contributed by atoms with van der Waals surface area (Å²) in [5.74, 6) is -0.187. The van der Waals surface area contributed by atoms with E-state index < -0.39 is 10.0 Å². The number of sulfonamides is 1. The zero-order chi connectivity index (χ0) is 17.3.